The van der Waals surface area contributed by atoms with Crippen molar-refractivity contribution in [3.8, 4) is 0 Å². The Morgan fingerprint density at radius 1 is 0.812 bits per heavy atom. The molecule has 1 unspecified atom stereocenters. The Hall–Kier alpha value is -0.0800. The number of likely N-dealkylation sites (tertiary alicyclic amines) is 2. The number of hydrogen-bond donors (Lipinski definition) is 0. The number of nitrogens with zero attached hydrogens (tertiary/aromatic N) is 2. The summed E-state index contributed by atoms with van der Waals surface area (Å²) >= 11 is 0. The molecule has 2 fully saturated rings. The predicted octanol–water partition coefficient (Wildman–Crippen LogP) is 2.59. The largest absolute Gasteiger partial charge is 0.300 e. The van der Waals surface area contributed by atoms with E-state index in [1.807, 2.05) is 0 Å². The summed E-state index contributed by atoms with van der Waals surface area (Å²) in [6, 6.07) is 1.46. The molecular formula is C14H28N2. The summed E-state index contributed by atoms with van der Waals surface area (Å²) in [7, 11) is 0. The molecule has 0 amide bonds. The molecule has 2 saturated heterocycles. The highest BCUT2D eigenvalue weighted by atomic mass is 15.2. The van der Waals surface area contributed by atoms with Crippen molar-refractivity contribution in [1.82, 2.24) is 9.80 Å². The topological polar surface area (TPSA) is 6.48 Å². The summed E-state index contributed by atoms with van der Waals surface area (Å²) in [5.41, 5.74) is 0.632. The van der Waals surface area contributed by atoms with Crippen molar-refractivity contribution in [2.75, 3.05) is 26.2 Å². The highest BCUT2D eigenvalue weighted by Gasteiger charge is 2.42. The van der Waals surface area contributed by atoms with Crippen molar-refractivity contribution in [1.29, 1.82) is 0 Å². The Labute approximate surface area is 101 Å². The van der Waals surface area contributed by atoms with E-state index in [2.05, 4.69) is 37.5 Å². The Morgan fingerprint density at radius 2 is 1.38 bits per heavy atom. The molecule has 0 radical (unpaired) electrons. The molecule has 2 heterocycles. The summed E-state index contributed by atoms with van der Waals surface area (Å²) in [5, 5.41) is 0. The average Bonchev–Trinajstić information content (AvgIpc) is 2.62. The maximum atomic E-state index is 2.69. The molecular weight excluding hydrogens is 196 g/mol. The quantitative estimate of drug-likeness (QED) is 0.711. The SMILES string of the molecule is CC(C)N1CCCC2(CCN(C(C)C)C2)C1. The highest BCUT2D eigenvalue weighted by molar-refractivity contribution is 4.96. The molecule has 0 aromatic carbocycles. The fourth-order valence-electron chi connectivity index (χ4n) is 3.43. The van der Waals surface area contributed by atoms with Gasteiger partial charge in [-0.25, -0.2) is 0 Å². The predicted molar refractivity (Wildman–Crippen MR) is 69.7 cm³/mol. The second-order valence-corrected chi connectivity index (χ2v) is 6.48. The second-order valence-electron chi connectivity index (χ2n) is 6.48. The zero-order valence-electron chi connectivity index (χ0n) is 11.5. The molecule has 94 valence electrons. The van der Waals surface area contributed by atoms with Crippen molar-refractivity contribution >= 4 is 0 Å². The first kappa shape index (κ1) is 12.4. The van der Waals surface area contributed by atoms with E-state index in [9.17, 15) is 0 Å². The van der Waals surface area contributed by atoms with E-state index in [0.29, 0.717) is 5.41 Å². The van der Waals surface area contributed by atoms with Crippen molar-refractivity contribution in [2.45, 2.75) is 59.0 Å². The van der Waals surface area contributed by atoms with Gasteiger partial charge < -0.3 is 9.80 Å². The molecule has 1 atom stereocenters. The molecule has 0 N–H and O–H groups in total. The molecule has 0 aromatic rings. The first-order valence-corrected chi connectivity index (χ1v) is 7.00. The maximum absolute atomic E-state index is 2.69. The van der Waals surface area contributed by atoms with Crippen LogP contribution in [0.3, 0.4) is 0 Å². The van der Waals surface area contributed by atoms with Crippen LogP contribution < -0.4 is 0 Å². The fourth-order valence-corrected chi connectivity index (χ4v) is 3.43. The summed E-state index contributed by atoms with van der Waals surface area (Å²) in [6.07, 6.45) is 4.29. The van der Waals surface area contributed by atoms with Gasteiger partial charge >= 0.3 is 0 Å². The van der Waals surface area contributed by atoms with Crippen molar-refractivity contribution in [3.63, 3.8) is 0 Å². The van der Waals surface area contributed by atoms with Crippen LogP contribution in [0, 0.1) is 5.41 Å². The van der Waals surface area contributed by atoms with Gasteiger partial charge in [0.1, 0.15) is 0 Å². The van der Waals surface area contributed by atoms with Gasteiger partial charge in [0.25, 0.3) is 0 Å². The molecule has 2 rings (SSSR count). The van der Waals surface area contributed by atoms with E-state index in [1.165, 1.54) is 45.4 Å². The molecule has 1 spiro atoms. The number of piperidine rings is 1. The lowest BCUT2D eigenvalue weighted by Crippen LogP contribution is -2.47. The van der Waals surface area contributed by atoms with Crippen LogP contribution in [0.1, 0.15) is 47.0 Å². The van der Waals surface area contributed by atoms with Crippen LogP contribution in [0.4, 0.5) is 0 Å². The van der Waals surface area contributed by atoms with E-state index < -0.39 is 0 Å². The molecule has 0 saturated carbocycles. The third-order valence-electron chi connectivity index (χ3n) is 4.62. The molecule has 2 aliphatic heterocycles. The van der Waals surface area contributed by atoms with Crippen LogP contribution in [-0.4, -0.2) is 48.1 Å². The Kier molecular flexibility index (Phi) is 3.60. The Balaban J connectivity index is 1.98. The monoisotopic (exact) mass is 224 g/mol. The summed E-state index contributed by atoms with van der Waals surface area (Å²) < 4.78 is 0. The van der Waals surface area contributed by atoms with E-state index >= 15 is 0 Å². The van der Waals surface area contributed by atoms with Gasteiger partial charge in [-0.2, -0.15) is 0 Å². The van der Waals surface area contributed by atoms with Gasteiger partial charge in [-0.05, 0) is 65.5 Å². The molecule has 0 aliphatic carbocycles. The first-order chi connectivity index (χ1) is 7.52. The fraction of sp³-hybridized carbons (Fsp3) is 1.00. The zero-order chi connectivity index (χ0) is 11.8. The minimum absolute atomic E-state index is 0.632. The minimum atomic E-state index is 0.632. The lowest BCUT2D eigenvalue weighted by molar-refractivity contribution is 0.0678. The van der Waals surface area contributed by atoms with Crippen LogP contribution in [0.15, 0.2) is 0 Å². The van der Waals surface area contributed by atoms with Crippen molar-refractivity contribution < 1.29 is 0 Å². The van der Waals surface area contributed by atoms with Gasteiger partial charge in [-0.15, -0.1) is 0 Å². The normalized spacial score (nSPS) is 33.4. The number of hydrogen-bond acceptors (Lipinski definition) is 2. The van der Waals surface area contributed by atoms with Crippen LogP contribution >= 0.6 is 0 Å². The van der Waals surface area contributed by atoms with Gasteiger partial charge in [0.15, 0.2) is 0 Å². The van der Waals surface area contributed by atoms with E-state index in [-0.39, 0.29) is 0 Å². The van der Waals surface area contributed by atoms with Crippen LogP contribution in [0.2, 0.25) is 0 Å². The zero-order valence-corrected chi connectivity index (χ0v) is 11.5. The second kappa shape index (κ2) is 4.66. The van der Waals surface area contributed by atoms with Gasteiger partial charge in [-0.3, -0.25) is 0 Å². The van der Waals surface area contributed by atoms with Crippen molar-refractivity contribution in [2.24, 2.45) is 5.41 Å². The average molecular weight is 224 g/mol. The smallest absolute Gasteiger partial charge is 0.00534 e. The Morgan fingerprint density at radius 3 is 1.88 bits per heavy atom. The van der Waals surface area contributed by atoms with Gasteiger partial charge in [0.05, 0.1) is 0 Å². The lowest BCUT2D eigenvalue weighted by Gasteiger charge is -2.42. The molecule has 2 nitrogen and oxygen atoms in total. The molecule has 0 aromatic heterocycles. The van der Waals surface area contributed by atoms with Crippen LogP contribution in [-0.2, 0) is 0 Å². The van der Waals surface area contributed by atoms with Gasteiger partial charge in [-0.1, -0.05) is 0 Å². The summed E-state index contributed by atoms with van der Waals surface area (Å²) in [6.45, 7) is 14.7. The molecule has 2 aliphatic rings. The third kappa shape index (κ3) is 2.43. The lowest BCUT2D eigenvalue weighted by atomic mass is 9.79. The number of rotatable bonds is 2. The molecule has 2 heteroatoms. The van der Waals surface area contributed by atoms with Crippen LogP contribution in [0.25, 0.3) is 0 Å². The summed E-state index contributed by atoms with van der Waals surface area (Å²) in [4.78, 5) is 5.36. The molecule has 16 heavy (non-hydrogen) atoms. The third-order valence-corrected chi connectivity index (χ3v) is 4.62. The van der Waals surface area contributed by atoms with E-state index in [0.717, 1.165) is 12.1 Å². The summed E-state index contributed by atoms with van der Waals surface area (Å²) in [5.74, 6) is 0. The van der Waals surface area contributed by atoms with E-state index in [4.69, 9.17) is 0 Å². The minimum Gasteiger partial charge on any atom is -0.300 e. The first-order valence-electron chi connectivity index (χ1n) is 7.00. The van der Waals surface area contributed by atoms with E-state index in [1.54, 1.807) is 0 Å². The van der Waals surface area contributed by atoms with Gasteiger partial charge in [0, 0.05) is 25.2 Å². The van der Waals surface area contributed by atoms with Crippen molar-refractivity contribution in [3.05, 3.63) is 0 Å². The Bertz CT molecular complexity index is 237. The highest BCUT2D eigenvalue weighted by Crippen LogP contribution is 2.39. The van der Waals surface area contributed by atoms with Crippen LogP contribution in [0.5, 0.6) is 0 Å². The standard InChI is InChI=1S/C14H28N2/c1-12(2)15-8-5-6-14(10-15)7-9-16(11-14)13(3)4/h12-13H,5-11H2,1-4H3. The van der Waals surface area contributed by atoms with Gasteiger partial charge in [0.2, 0.25) is 0 Å². The molecule has 0 bridgehead atoms. The maximum Gasteiger partial charge on any atom is 0.00534 e.